The molecule has 1 aliphatic rings. The van der Waals surface area contributed by atoms with E-state index in [0.717, 1.165) is 75.2 Å². The van der Waals surface area contributed by atoms with Gasteiger partial charge in [-0.05, 0) is 44.6 Å². The predicted octanol–water partition coefficient (Wildman–Crippen LogP) is 10.4. The summed E-state index contributed by atoms with van der Waals surface area (Å²) in [5.74, 6) is -1.29. The summed E-state index contributed by atoms with van der Waals surface area (Å²) >= 11 is 0. The molecular weight excluding hydrogens is 920 g/mol. The third-order valence-electron chi connectivity index (χ3n) is 11.9. The smallest absolute Gasteiger partial charge is 0.462 e. The molecule has 18 nitrogen and oxygen atoms in total. The Morgan fingerprint density at radius 1 is 0.691 bits per heavy atom. The molecule has 0 saturated carbocycles. The number of anilines is 1. The van der Waals surface area contributed by atoms with Crippen LogP contribution in [0, 0.1) is 0 Å². The first-order valence-electron chi connectivity index (χ1n) is 25.7. The Bertz CT molecular complexity index is 1680. The van der Waals surface area contributed by atoms with Crippen LogP contribution in [0.4, 0.5) is 5.82 Å². The van der Waals surface area contributed by atoms with Gasteiger partial charge in [-0.2, -0.15) is 9.29 Å². The lowest BCUT2D eigenvalue weighted by Gasteiger charge is -2.21. The number of nitrogen functional groups attached to an aromatic ring is 1. The number of unbranched alkanes of at least 4 members (excludes halogenated alkanes) is 25. The van der Waals surface area contributed by atoms with E-state index in [9.17, 15) is 43.5 Å². The van der Waals surface area contributed by atoms with Gasteiger partial charge in [-0.1, -0.05) is 167 Å². The van der Waals surface area contributed by atoms with Gasteiger partial charge in [0.05, 0.1) is 13.2 Å². The molecular formula is C48H87N3O15P2. The summed E-state index contributed by atoms with van der Waals surface area (Å²) in [6, 6.07) is 1.25. The first-order chi connectivity index (χ1) is 32.7. The predicted molar refractivity (Wildman–Crippen MR) is 261 cm³/mol. The molecule has 394 valence electrons. The highest BCUT2D eigenvalue weighted by Gasteiger charge is 2.46. The highest BCUT2D eigenvalue weighted by atomic mass is 31.3. The fourth-order valence-corrected chi connectivity index (χ4v) is 9.95. The number of phosphoric acid groups is 2. The van der Waals surface area contributed by atoms with E-state index in [1.807, 2.05) is 0 Å². The standard InChI is InChI=1S/C48H87N3O15P2/c1-3-5-7-9-11-13-15-17-19-21-23-25-27-29-31-33-43(52)61-37-40(64-44(53)34-32-30-28-26-24-22-20-18-16-14-12-10-8-6-4-2)38-62-67(57,58)66-68(59,60)63-39-41-45(54)46(55)47(65-41)51-36-35-42(49)50-48(51)56/h13,15,35-36,40-41,45-47,54-55H,3-12,14,16-34,37-39H2,1-2H3,(H,57,58)(H,59,60)(H2,49,50,56). The zero-order valence-electron chi connectivity index (χ0n) is 41.2. The van der Waals surface area contributed by atoms with E-state index in [0.29, 0.717) is 12.8 Å². The number of aromatic nitrogens is 2. The van der Waals surface area contributed by atoms with E-state index in [1.165, 1.54) is 109 Å². The van der Waals surface area contributed by atoms with Gasteiger partial charge in [-0.3, -0.25) is 23.2 Å². The lowest BCUT2D eigenvalue weighted by atomic mass is 10.0. The Kier molecular flexibility index (Phi) is 33.8. The highest BCUT2D eigenvalue weighted by molar-refractivity contribution is 7.61. The zero-order chi connectivity index (χ0) is 49.9. The van der Waals surface area contributed by atoms with E-state index < -0.39 is 83.7 Å². The lowest BCUT2D eigenvalue weighted by Crippen LogP contribution is -2.36. The van der Waals surface area contributed by atoms with Gasteiger partial charge in [0.25, 0.3) is 0 Å². The van der Waals surface area contributed by atoms with Crippen LogP contribution in [0.3, 0.4) is 0 Å². The molecule has 7 unspecified atom stereocenters. The first-order valence-corrected chi connectivity index (χ1v) is 28.7. The van der Waals surface area contributed by atoms with Crippen molar-refractivity contribution in [3.8, 4) is 0 Å². The van der Waals surface area contributed by atoms with Crippen LogP contribution >= 0.6 is 15.6 Å². The number of hydrogen-bond donors (Lipinski definition) is 5. The summed E-state index contributed by atoms with van der Waals surface area (Å²) in [5, 5.41) is 20.9. The molecule has 1 aromatic rings. The van der Waals surface area contributed by atoms with Crippen LogP contribution in [-0.2, 0) is 46.3 Å². The number of carbonyl (C=O) groups excluding carboxylic acids is 2. The van der Waals surface area contributed by atoms with Crippen LogP contribution in [0.1, 0.15) is 213 Å². The van der Waals surface area contributed by atoms with Crippen LogP contribution in [0.5, 0.6) is 0 Å². The Hall–Kier alpha value is -2.50. The van der Waals surface area contributed by atoms with Crippen molar-refractivity contribution < 1.29 is 66.3 Å². The molecule has 6 N–H and O–H groups in total. The number of rotatable bonds is 43. The second kappa shape index (κ2) is 37.3. The van der Waals surface area contributed by atoms with Crippen molar-refractivity contribution in [2.45, 2.75) is 237 Å². The lowest BCUT2D eigenvalue weighted by molar-refractivity contribution is -0.161. The van der Waals surface area contributed by atoms with E-state index in [-0.39, 0.29) is 18.7 Å². The van der Waals surface area contributed by atoms with Crippen molar-refractivity contribution in [3.05, 3.63) is 34.9 Å². The Morgan fingerprint density at radius 3 is 1.66 bits per heavy atom. The summed E-state index contributed by atoms with van der Waals surface area (Å²) in [5.41, 5.74) is 4.59. The number of esters is 2. The Balaban J connectivity index is 1.79. The fraction of sp³-hybridized carbons (Fsp3) is 0.833. The van der Waals surface area contributed by atoms with E-state index in [4.69, 9.17) is 29.0 Å². The molecule has 2 heterocycles. The average Bonchev–Trinajstić information content (AvgIpc) is 3.57. The molecule has 1 fully saturated rings. The Morgan fingerprint density at radius 2 is 1.15 bits per heavy atom. The monoisotopic (exact) mass is 1010 g/mol. The van der Waals surface area contributed by atoms with Crippen LogP contribution < -0.4 is 11.4 Å². The second-order valence-corrected chi connectivity index (χ2v) is 21.1. The second-order valence-electron chi connectivity index (χ2n) is 18.0. The summed E-state index contributed by atoms with van der Waals surface area (Å²) in [6.45, 7) is 2.16. The average molecular weight is 1010 g/mol. The summed E-state index contributed by atoms with van der Waals surface area (Å²) in [4.78, 5) is 61.9. The number of phosphoric ester groups is 2. The largest absolute Gasteiger partial charge is 0.481 e. The number of hydrogen-bond acceptors (Lipinski definition) is 15. The molecule has 20 heteroatoms. The maximum absolute atomic E-state index is 12.9. The minimum Gasteiger partial charge on any atom is -0.462 e. The van der Waals surface area contributed by atoms with Gasteiger partial charge in [0, 0.05) is 19.0 Å². The van der Waals surface area contributed by atoms with Crippen molar-refractivity contribution in [1.29, 1.82) is 0 Å². The number of carbonyl (C=O) groups is 2. The molecule has 1 aliphatic heterocycles. The third kappa shape index (κ3) is 29.6. The summed E-state index contributed by atoms with van der Waals surface area (Å²) < 4.78 is 56.8. The van der Waals surface area contributed by atoms with Crippen LogP contribution in [0.2, 0.25) is 0 Å². The molecule has 0 aromatic carbocycles. The van der Waals surface area contributed by atoms with Crippen molar-refractivity contribution in [3.63, 3.8) is 0 Å². The minimum atomic E-state index is -5.42. The quantitative estimate of drug-likeness (QED) is 0.0176. The normalized spacial score (nSPS) is 19.5. The molecule has 68 heavy (non-hydrogen) atoms. The van der Waals surface area contributed by atoms with Gasteiger partial charge in [0.1, 0.15) is 30.7 Å². The third-order valence-corrected chi connectivity index (χ3v) is 14.5. The molecule has 1 saturated heterocycles. The molecule has 7 atom stereocenters. The van der Waals surface area contributed by atoms with Crippen LogP contribution in [-0.4, -0.2) is 85.7 Å². The molecule has 0 spiro atoms. The van der Waals surface area contributed by atoms with Crippen molar-refractivity contribution in [2.75, 3.05) is 25.6 Å². The van der Waals surface area contributed by atoms with Gasteiger partial charge in [-0.15, -0.1) is 0 Å². The maximum Gasteiger partial charge on any atom is 0.481 e. The van der Waals surface area contributed by atoms with Gasteiger partial charge in [-0.25, -0.2) is 13.9 Å². The summed E-state index contributed by atoms with van der Waals surface area (Å²) in [6.07, 6.45) is 30.0. The number of nitrogens with two attached hydrogens (primary N) is 1. The molecule has 1 aromatic heterocycles. The van der Waals surface area contributed by atoms with E-state index in [2.05, 4.69) is 35.3 Å². The van der Waals surface area contributed by atoms with Gasteiger partial charge in [0.15, 0.2) is 12.3 Å². The highest BCUT2D eigenvalue weighted by Crippen LogP contribution is 2.60. The van der Waals surface area contributed by atoms with Crippen molar-refractivity contribution >= 4 is 33.4 Å². The number of aliphatic hydroxyl groups is 2. The zero-order valence-corrected chi connectivity index (χ0v) is 43.0. The minimum absolute atomic E-state index is 0.0552. The van der Waals surface area contributed by atoms with Crippen molar-refractivity contribution in [2.24, 2.45) is 0 Å². The maximum atomic E-state index is 12.9. The number of aliphatic hydroxyl groups excluding tert-OH is 2. The molecule has 0 aliphatic carbocycles. The van der Waals surface area contributed by atoms with E-state index >= 15 is 0 Å². The fourth-order valence-electron chi connectivity index (χ4n) is 7.84. The summed E-state index contributed by atoms with van der Waals surface area (Å²) in [7, 11) is -10.8. The molecule has 0 bridgehead atoms. The molecule has 0 amide bonds. The SMILES string of the molecule is CCCCCCC=CCCCCCCCCCC(=O)OCC(COP(=O)(O)OP(=O)(O)OCC1OC(n2ccc(N)nc2=O)C(O)C1O)OC(=O)CCCCCCCCCCCCCCCCC. The molecule has 2 rings (SSSR count). The number of allylic oxidation sites excluding steroid dienone is 2. The molecule has 0 radical (unpaired) electrons. The Labute approximate surface area is 405 Å². The van der Waals surface area contributed by atoms with Gasteiger partial charge in [0.2, 0.25) is 0 Å². The number of ether oxygens (including phenoxy) is 3. The first kappa shape index (κ1) is 61.6. The van der Waals surface area contributed by atoms with Crippen LogP contribution in [0.25, 0.3) is 0 Å². The number of nitrogens with zero attached hydrogens (tertiary/aromatic N) is 2. The van der Waals surface area contributed by atoms with Crippen molar-refractivity contribution in [1.82, 2.24) is 9.55 Å². The van der Waals surface area contributed by atoms with Gasteiger partial charge < -0.3 is 39.9 Å². The van der Waals surface area contributed by atoms with E-state index in [1.54, 1.807) is 0 Å². The van der Waals surface area contributed by atoms with Gasteiger partial charge >= 0.3 is 33.3 Å². The topological polar surface area (TPSA) is 265 Å². The van der Waals surface area contributed by atoms with Crippen LogP contribution in [0.15, 0.2) is 29.2 Å².